The van der Waals surface area contributed by atoms with Gasteiger partial charge in [-0.3, -0.25) is 4.90 Å². The summed E-state index contributed by atoms with van der Waals surface area (Å²) < 4.78 is 0. The quantitative estimate of drug-likeness (QED) is 0.723. The first-order chi connectivity index (χ1) is 8.19. The van der Waals surface area contributed by atoms with Crippen molar-refractivity contribution in [1.82, 2.24) is 4.90 Å². The molecule has 94 valence electrons. The van der Waals surface area contributed by atoms with Gasteiger partial charge in [0, 0.05) is 13.1 Å². The smallest absolute Gasteiger partial charge is 0.0902 e. The predicted octanol–water partition coefficient (Wildman–Crippen LogP) is 1.55. The van der Waals surface area contributed by atoms with Gasteiger partial charge in [-0.25, -0.2) is 0 Å². The van der Waals surface area contributed by atoms with Crippen LogP contribution in [-0.2, 0) is 6.54 Å². The van der Waals surface area contributed by atoms with E-state index in [4.69, 9.17) is 23.1 Å². The number of nitrogens with two attached hydrogens (primary N) is 1. The number of aliphatic hydroxyl groups excluding tert-OH is 1. The summed E-state index contributed by atoms with van der Waals surface area (Å²) in [6, 6.07) is 10.2. The molecular weight excluding hydrogens is 232 g/mol. The molecule has 0 spiro atoms. The molecule has 1 aromatic rings. The number of hydrogen-bond acceptors (Lipinski definition) is 3. The lowest BCUT2D eigenvalue weighted by Gasteiger charge is -2.29. The van der Waals surface area contributed by atoms with Crippen LogP contribution in [0, 0.1) is 0 Å². The number of aliphatic hydroxyl groups is 1. The number of rotatable bonds is 7. The number of nitrogens with zero attached hydrogens (tertiary/aromatic N) is 1. The maximum Gasteiger partial charge on any atom is 0.0902 e. The van der Waals surface area contributed by atoms with Crippen molar-refractivity contribution in [2.75, 3.05) is 13.2 Å². The van der Waals surface area contributed by atoms with Crippen LogP contribution in [0.15, 0.2) is 30.3 Å². The molecule has 0 aliphatic carbocycles. The van der Waals surface area contributed by atoms with Crippen molar-refractivity contribution in [3.63, 3.8) is 0 Å². The Morgan fingerprint density at radius 3 is 2.53 bits per heavy atom. The molecule has 0 radical (unpaired) electrons. The van der Waals surface area contributed by atoms with Gasteiger partial charge in [0.1, 0.15) is 0 Å². The lowest BCUT2D eigenvalue weighted by Crippen LogP contribution is -2.44. The van der Waals surface area contributed by atoms with E-state index in [0.29, 0.717) is 11.5 Å². The van der Waals surface area contributed by atoms with Gasteiger partial charge >= 0.3 is 0 Å². The third kappa shape index (κ3) is 4.42. The first kappa shape index (κ1) is 14.1. The predicted molar refractivity (Wildman–Crippen MR) is 74.8 cm³/mol. The Bertz CT molecular complexity index is 343. The van der Waals surface area contributed by atoms with Gasteiger partial charge in [-0.1, -0.05) is 49.5 Å². The molecule has 3 nitrogen and oxygen atoms in total. The summed E-state index contributed by atoms with van der Waals surface area (Å²) in [5.74, 6) is 0. The van der Waals surface area contributed by atoms with E-state index < -0.39 is 0 Å². The Morgan fingerprint density at radius 2 is 2.06 bits per heavy atom. The molecule has 0 heterocycles. The van der Waals surface area contributed by atoms with Crippen molar-refractivity contribution in [3.05, 3.63) is 35.9 Å². The SMILES string of the molecule is CCC(C(N)=S)N(CCO)Cc1ccccc1. The van der Waals surface area contributed by atoms with Gasteiger partial charge in [0.2, 0.25) is 0 Å². The molecule has 4 heteroatoms. The monoisotopic (exact) mass is 252 g/mol. The van der Waals surface area contributed by atoms with Crippen LogP contribution < -0.4 is 5.73 Å². The first-order valence-corrected chi connectivity index (χ1v) is 6.28. The summed E-state index contributed by atoms with van der Waals surface area (Å²) in [4.78, 5) is 2.62. The molecule has 0 aromatic heterocycles. The molecule has 1 atom stereocenters. The van der Waals surface area contributed by atoms with Crippen LogP contribution >= 0.6 is 12.2 Å². The molecule has 0 amide bonds. The molecule has 1 rings (SSSR count). The molecule has 1 unspecified atom stereocenters. The van der Waals surface area contributed by atoms with E-state index in [1.54, 1.807) is 0 Å². The van der Waals surface area contributed by atoms with Crippen molar-refractivity contribution in [2.24, 2.45) is 5.73 Å². The third-order valence-electron chi connectivity index (χ3n) is 2.77. The summed E-state index contributed by atoms with van der Waals surface area (Å²) >= 11 is 5.08. The van der Waals surface area contributed by atoms with Gasteiger partial charge in [0.25, 0.3) is 0 Å². The average molecular weight is 252 g/mol. The van der Waals surface area contributed by atoms with Gasteiger partial charge in [0.05, 0.1) is 17.6 Å². The molecule has 3 N–H and O–H groups in total. The van der Waals surface area contributed by atoms with E-state index in [0.717, 1.165) is 13.0 Å². The summed E-state index contributed by atoms with van der Waals surface area (Å²) in [5.41, 5.74) is 6.94. The fourth-order valence-corrected chi connectivity index (χ4v) is 2.25. The Hall–Kier alpha value is -0.970. The Labute approximate surface area is 108 Å². The minimum atomic E-state index is 0.0531. The second-order valence-corrected chi connectivity index (χ2v) is 4.48. The summed E-state index contributed by atoms with van der Waals surface area (Å²) in [6.07, 6.45) is 0.863. The zero-order valence-corrected chi connectivity index (χ0v) is 11.0. The largest absolute Gasteiger partial charge is 0.395 e. The molecule has 0 saturated carbocycles. The third-order valence-corrected chi connectivity index (χ3v) is 3.04. The van der Waals surface area contributed by atoms with Crippen LogP contribution in [0.4, 0.5) is 0 Å². The second kappa shape index (κ2) is 7.37. The fraction of sp³-hybridized carbons (Fsp3) is 0.462. The highest BCUT2D eigenvalue weighted by Crippen LogP contribution is 2.10. The van der Waals surface area contributed by atoms with Crippen LogP contribution in [0.25, 0.3) is 0 Å². The molecule has 1 aromatic carbocycles. The van der Waals surface area contributed by atoms with E-state index >= 15 is 0 Å². The minimum Gasteiger partial charge on any atom is -0.395 e. The summed E-state index contributed by atoms with van der Waals surface area (Å²) in [7, 11) is 0. The minimum absolute atomic E-state index is 0.0531. The van der Waals surface area contributed by atoms with Crippen molar-refractivity contribution < 1.29 is 5.11 Å². The maximum atomic E-state index is 9.12. The van der Waals surface area contributed by atoms with Gasteiger partial charge in [-0.15, -0.1) is 0 Å². The zero-order valence-electron chi connectivity index (χ0n) is 10.2. The molecule has 0 fully saturated rings. The Balaban J connectivity index is 2.75. The first-order valence-electron chi connectivity index (χ1n) is 5.87. The topological polar surface area (TPSA) is 49.5 Å². The van der Waals surface area contributed by atoms with Gasteiger partial charge < -0.3 is 10.8 Å². The van der Waals surface area contributed by atoms with Crippen LogP contribution in [0.5, 0.6) is 0 Å². The molecule has 0 saturated heterocycles. The Morgan fingerprint density at radius 1 is 1.41 bits per heavy atom. The van der Waals surface area contributed by atoms with Crippen molar-refractivity contribution in [3.8, 4) is 0 Å². The van der Waals surface area contributed by atoms with Gasteiger partial charge in [-0.2, -0.15) is 0 Å². The zero-order chi connectivity index (χ0) is 12.7. The van der Waals surface area contributed by atoms with E-state index in [2.05, 4.69) is 24.0 Å². The Kier molecular flexibility index (Phi) is 6.11. The fourth-order valence-electron chi connectivity index (χ4n) is 1.93. The molecule has 17 heavy (non-hydrogen) atoms. The highest BCUT2D eigenvalue weighted by atomic mass is 32.1. The van der Waals surface area contributed by atoms with E-state index in [-0.39, 0.29) is 12.6 Å². The number of hydrogen-bond donors (Lipinski definition) is 2. The van der Waals surface area contributed by atoms with Crippen molar-refractivity contribution in [1.29, 1.82) is 0 Å². The average Bonchev–Trinajstić information content (AvgIpc) is 2.31. The van der Waals surface area contributed by atoms with Crippen molar-refractivity contribution >= 4 is 17.2 Å². The highest BCUT2D eigenvalue weighted by Gasteiger charge is 2.18. The van der Waals surface area contributed by atoms with Crippen LogP contribution in [-0.4, -0.2) is 34.2 Å². The lowest BCUT2D eigenvalue weighted by molar-refractivity contribution is 0.169. The number of benzene rings is 1. The highest BCUT2D eigenvalue weighted by molar-refractivity contribution is 7.80. The van der Waals surface area contributed by atoms with Crippen molar-refractivity contribution in [2.45, 2.75) is 25.9 Å². The molecule has 0 aliphatic rings. The van der Waals surface area contributed by atoms with Gasteiger partial charge in [0.15, 0.2) is 0 Å². The number of thiocarbonyl (C=S) groups is 1. The molecule has 0 aliphatic heterocycles. The van der Waals surface area contributed by atoms with Crippen LogP contribution in [0.3, 0.4) is 0 Å². The summed E-state index contributed by atoms with van der Waals surface area (Å²) in [6.45, 7) is 3.52. The normalized spacial score (nSPS) is 12.6. The second-order valence-electron chi connectivity index (χ2n) is 4.01. The van der Waals surface area contributed by atoms with E-state index in [9.17, 15) is 0 Å². The molecular formula is C13H20N2OS. The molecule has 0 bridgehead atoms. The summed E-state index contributed by atoms with van der Waals surface area (Å²) in [5, 5.41) is 9.12. The standard InChI is InChI=1S/C13H20N2OS/c1-2-12(13(14)17)15(8-9-16)10-11-6-4-3-5-7-11/h3-7,12,16H,2,8-10H2,1H3,(H2,14,17). The van der Waals surface area contributed by atoms with Crippen LogP contribution in [0.1, 0.15) is 18.9 Å². The lowest BCUT2D eigenvalue weighted by atomic mass is 10.1. The van der Waals surface area contributed by atoms with Crippen LogP contribution in [0.2, 0.25) is 0 Å². The van der Waals surface area contributed by atoms with E-state index in [1.807, 2.05) is 18.2 Å². The van der Waals surface area contributed by atoms with Gasteiger partial charge in [-0.05, 0) is 12.0 Å². The van der Waals surface area contributed by atoms with E-state index in [1.165, 1.54) is 5.56 Å². The maximum absolute atomic E-state index is 9.12.